The highest BCUT2D eigenvalue weighted by molar-refractivity contribution is 5.77. The number of nitrogens with two attached hydrogens (primary N) is 1. The molecule has 0 saturated heterocycles. The van der Waals surface area contributed by atoms with Crippen molar-refractivity contribution in [2.24, 2.45) is 5.73 Å². The molecule has 0 aliphatic rings. The fourth-order valence-corrected chi connectivity index (χ4v) is 1.86. The number of aryl methyl sites for hydroxylation is 1. The lowest BCUT2D eigenvalue weighted by molar-refractivity contribution is -0.122. The normalized spacial score (nSPS) is 10.8. The standard InChI is InChI=1S/C14H21NO4/c1-9-5-6-12(19-8-14(17-3)18-4)10(2)11(9)7-13(15)16/h5-6,14H,7-8H2,1-4H3,(H2,15,16). The molecule has 0 fully saturated rings. The van der Waals surface area contributed by atoms with Crippen molar-refractivity contribution >= 4 is 5.91 Å². The second-order valence-electron chi connectivity index (χ2n) is 4.34. The van der Waals surface area contributed by atoms with E-state index in [0.29, 0.717) is 5.75 Å². The molecule has 0 heterocycles. The molecule has 5 nitrogen and oxygen atoms in total. The third kappa shape index (κ3) is 4.22. The van der Waals surface area contributed by atoms with Crippen LogP contribution >= 0.6 is 0 Å². The molecule has 2 N–H and O–H groups in total. The summed E-state index contributed by atoms with van der Waals surface area (Å²) in [7, 11) is 3.11. The van der Waals surface area contributed by atoms with Gasteiger partial charge in [-0.15, -0.1) is 0 Å². The summed E-state index contributed by atoms with van der Waals surface area (Å²) < 4.78 is 15.8. The first-order valence-corrected chi connectivity index (χ1v) is 6.05. The quantitative estimate of drug-likeness (QED) is 0.757. The zero-order valence-corrected chi connectivity index (χ0v) is 11.9. The van der Waals surface area contributed by atoms with E-state index in [0.717, 1.165) is 16.7 Å². The van der Waals surface area contributed by atoms with Crippen LogP contribution in [-0.4, -0.2) is 33.0 Å². The summed E-state index contributed by atoms with van der Waals surface area (Å²) in [5, 5.41) is 0. The first-order chi connectivity index (χ1) is 8.99. The van der Waals surface area contributed by atoms with E-state index in [1.165, 1.54) is 0 Å². The fraction of sp³-hybridized carbons (Fsp3) is 0.500. The summed E-state index contributed by atoms with van der Waals surface area (Å²) in [6, 6.07) is 3.78. The Labute approximate surface area is 113 Å². The Morgan fingerprint density at radius 3 is 2.42 bits per heavy atom. The average Bonchev–Trinajstić information content (AvgIpc) is 2.37. The topological polar surface area (TPSA) is 70.8 Å². The van der Waals surface area contributed by atoms with E-state index in [1.54, 1.807) is 14.2 Å². The van der Waals surface area contributed by atoms with Crippen LogP contribution in [0.5, 0.6) is 5.75 Å². The molecule has 0 radical (unpaired) electrons. The summed E-state index contributed by atoms with van der Waals surface area (Å²) in [5.41, 5.74) is 8.12. The van der Waals surface area contributed by atoms with Crippen molar-refractivity contribution in [2.45, 2.75) is 26.6 Å². The number of carbonyl (C=O) groups excluding carboxylic acids is 1. The monoisotopic (exact) mass is 267 g/mol. The zero-order valence-electron chi connectivity index (χ0n) is 11.9. The summed E-state index contributed by atoms with van der Waals surface area (Å²) >= 11 is 0. The van der Waals surface area contributed by atoms with Crippen molar-refractivity contribution < 1.29 is 19.0 Å². The molecule has 0 atom stereocenters. The van der Waals surface area contributed by atoms with Crippen molar-refractivity contribution in [3.8, 4) is 5.75 Å². The molecule has 0 aromatic heterocycles. The predicted molar refractivity (Wildman–Crippen MR) is 72.1 cm³/mol. The van der Waals surface area contributed by atoms with E-state index < -0.39 is 6.29 Å². The Kier molecular flexibility index (Phi) is 5.79. The molecule has 19 heavy (non-hydrogen) atoms. The van der Waals surface area contributed by atoms with Crippen LogP contribution in [-0.2, 0) is 20.7 Å². The molecule has 0 aliphatic heterocycles. The smallest absolute Gasteiger partial charge is 0.221 e. The molecule has 0 unspecified atom stereocenters. The second-order valence-corrected chi connectivity index (χ2v) is 4.34. The Morgan fingerprint density at radius 1 is 1.26 bits per heavy atom. The number of carbonyl (C=O) groups is 1. The number of hydrogen-bond acceptors (Lipinski definition) is 4. The third-order valence-electron chi connectivity index (χ3n) is 3.03. The lowest BCUT2D eigenvalue weighted by Gasteiger charge is -2.17. The van der Waals surface area contributed by atoms with Crippen LogP contribution in [0.4, 0.5) is 0 Å². The molecular formula is C14H21NO4. The molecule has 0 bridgehead atoms. The van der Waals surface area contributed by atoms with Crippen LogP contribution in [0.25, 0.3) is 0 Å². The molecule has 5 heteroatoms. The maximum Gasteiger partial charge on any atom is 0.221 e. The Morgan fingerprint density at radius 2 is 1.89 bits per heavy atom. The molecular weight excluding hydrogens is 246 g/mol. The summed E-state index contributed by atoms with van der Waals surface area (Å²) in [6.07, 6.45) is -0.201. The lowest BCUT2D eigenvalue weighted by Crippen LogP contribution is -2.22. The Bertz CT molecular complexity index is 441. The van der Waals surface area contributed by atoms with E-state index in [4.69, 9.17) is 19.9 Å². The van der Waals surface area contributed by atoms with Gasteiger partial charge in [0.1, 0.15) is 12.4 Å². The molecule has 1 aromatic carbocycles. The summed E-state index contributed by atoms with van der Waals surface area (Å²) in [4.78, 5) is 11.1. The van der Waals surface area contributed by atoms with Crippen molar-refractivity contribution in [1.29, 1.82) is 0 Å². The molecule has 1 rings (SSSR count). The van der Waals surface area contributed by atoms with Gasteiger partial charge in [-0.1, -0.05) is 6.07 Å². The van der Waals surface area contributed by atoms with Gasteiger partial charge >= 0.3 is 0 Å². The lowest BCUT2D eigenvalue weighted by atomic mass is 9.99. The van der Waals surface area contributed by atoms with Crippen LogP contribution in [0.15, 0.2) is 12.1 Å². The van der Waals surface area contributed by atoms with E-state index in [2.05, 4.69) is 0 Å². The van der Waals surface area contributed by atoms with Crippen LogP contribution in [0.3, 0.4) is 0 Å². The van der Waals surface area contributed by atoms with Crippen molar-refractivity contribution in [1.82, 2.24) is 0 Å². The van der Waals surface area contributed by atoms with Gasteiger partial charge < -0.3 is 19.9 Å². The van der Waals surface area contributed by atoms with E-state index in [9.17, 15) is 4.79 Å². The second kappa shape index (κ2) is 7.11. The van der Waals surface area contributed by atoms with Gasteiger partial charge in [0, 0.05) is 14.2 Å². The first kappa shape index (κ1) is 15.5. The maximum absolute atomic E-state index is 11.1. The number of primary amides is 1. The number of rotatable bonds is 7. The van der Waals surface area contributed by atoms with Crippen LogP contribution in [0, 0.1) is 13.8 Å². The highest BCUT2D eigenvalue weighted by Crippen LogP contribution is 2.25. The Hall–Kier alpha value is -1.59. The highest BCUT2D eigenvalue weighted by atomic mass is 16.7. The zero-order chi connectivity index (χ0) is 14.4. The van der Waals surface area contributed by atoms with E-state index in [-0.39, 0.29) is 18.9 Å². The van der Waals surface area contributed by atoms with Crippen molar-refractivity contribution in [2.75, 3.05) is 20.8 Å². The van der Waals surface area contributed by atoms with Gasteiger partial charge in [0.15, 0.2) is 6.29 Å². The molecule has 1 amide bonds. The minimum Gasteiger partial charge on any atom is -0.488 e. The molecule has 0 spiro atoms. The maximum atomic E-state index is 11.1. The number of amides is 1. The number of benzene rings is 1. The van der Waals surface area contributed by atoms with Crippen molar-refractivity contribution in [3.05, 3.63) is 28.8 Å². The van der Waals surface area contributed by atoms with E-state index >= 15 is 0 Å². The predicted octanol–water partition coefficient (Wildman–Crippen LogP) is 1.33. The molecule has 0 saturated carbocycles. The highest BCUT2D eigenvalue weighted by Gasteiger charge is 2.12. The number of hydrogen-bond donors (Lipinski definition) is 1. The fourth-order valence-electron chi connectivity index (χ4n) is 1.86. The Balaban J connectivity index is 2.87. The minimum absolute atomic E-state index is 0.215. The largest absolute Gasteiger partial charge is 0.488 e. The van der Waals surface area contributed by atoms with Crippen LogP contribution < -0.4 is 10.5 Å². The van der Waals surface area contributed by atoms with Gasteiger partial charge in [-0.05, 0) is 36.6 Å². The molecule has 0 aliphatic carbocycles. The third-order valence-corrected chi connectivity index (χ3v) is 3.03. The minimum atomic E-state index is -0.416. The van der Waals surface area contributed by atoms with Gasteiger partial charge in [-0.2, -0.15) is 0 Å². The molecule has 106 valence electrons. The first-order valence-electron chi connectivity index (χ1n) is 6.05. The van der Waals surface area contributed by atoms with Gasteiger partial charge in [-0.3, -0.25) is 4.79 Å². The van der Waals surface area contributed by atoms with Gasteiger partial charge in [-0.25, -0.2) is 0 Å². The SMILES string of the molecule is COC(COc1ccc(C)c(CC(N)=O)c1C)OC. The van der Waals surface area contributed by atoms with E-state index in [1.807, 2.05) is 26.0 Å². The van der Waals surface area contributed by atoms with Crippen LogP contribution in [0.2, 0.25) is 0 Å². The summed E-state index contributed by atoms with van der Waals surface area (Å²) in [5.74, 6) is 0.357. The average molecular weight is 267 g/mol. The number of methoxy groups -OCH3 is 2. The van der Waals surface area contributed by atoms with Crippen molar-refractivity contribution in [3.63, 3.8) is 0 Å². The summed E-state index contributed by atoms with van der Waals surface area (Å²) in [6.45, 7) is 4.14. The molecule has 1 aromatic rings. The number of ether oxygens (including phenoxy) is 3. The van der Waals surface area contributed by atoms with Gasteiger partial charge in [0.05, 0.1) is 6.42 Å². The van der Waals surface area contributed by atoms with Gasteiger partial charge in [0.2, 0.25) is 5.91 Å². The van der Waals surface area contributed by atoms with Gasteiger partial charge in [0.25, 0.3) is 0 Å². The van der Waals surface area contributed by atoms with Crippen LogP contribution in [0.1, 0.15) is 16.7 Å².